The maximum Gasteiger partial charge on any atom is 0.254 e. The van der Waals surface area contributed by atoms with Gasteiger partial charge in [0.2, 0.25) is 5.91 Å². The number of hydrogen-bond donors (Lipinski definition) is 0. The fourth-order valence-corrected chi connectivity index (χ4v) is 5.17. The van der Waals surface area contributed by atoms with Crippen molar-refractivity contribution in [1.29, 1.82) is 0 Å². The maximum absolute atomic E-state index is 13.4. The van der Waals surface area contributed by atoms with Crippen molar-refractivity contribution in [3.8, 4) is 0 Å². The van der Waals surface area contributed by atoms with E-state index in [9.17, 15) is 9.59 Å². The summed E-state index contributed by atoms with van der Waals surface area (Å²) < 4.78 is 6.53. The number of benzene rings is 2. The first kappa shape index (κ1) is 17.5. The first-order valence-electron chi connectivity index (χ1n) is 10.2. The summed E-state index contributed by atoms with van der Waals surface area (Å²) in [6.07, 6.45) is 4.02. The van der Waals surface area contributed by atoms with E-state index in [1.165, 1.54) is 0 Å². The normalized spacial score (nSPS) is 27.5. The zero-order valence-corrected chi connectivity index (χ0v) is 16.3. The van der Waals surface area contributed by atoms with Crippen LogP contribution in [0, 0.1) is 0 Å². The molecule has 0 N–H and O–H groups in total. The highest BCUT2D eigenvalue weighted by Crippen LogP contribution is 2.50. The van der Waals surface area contributed by atoms with E-state index >= 15 is 0 Å². The molecule has 0 radical (unpaired) electrons. The summed E-state index contributed by atoms with van der Waals surface area (Å²) in [5, 5.41) is 0. The van der Waals surface area contributed by atoms with Crippen molar-refractivity contribution >= 4 is 22.8 Å². The summed E-state index contributed by atoms with van der Waals surface area (Å²) in [5.74, 6) is -0.0360. The van der Waals surface area contributed by atoms with Crippen LogP contribution in [0.2, 0.25) is 0 Å². The summed E-state index contributed by atoms with van der Waals surface area (Å²) in [7, 11) is 0. The van der Waals surface area contributed by atoms with Crippen molar-refractivity contribution in [2.24, 2.45) is 0 Å². The van der Waals surface area contributed by atoms with Gasteiger partial charge in [0.25, 0.3) is 5.91 Å². The van der Waals surface area contributed by atoms with Crippen LogP contribution in [0.3, 0.4) is 0 Å². The number of rotatable bonds is 2. The molecule has 1 aromatic heterocycles. The number of nitrogens with zero attached hydrogens (tertiary/aromatic N) is 4. The van der Waals surface area contributed by atoms with E-state index in [4.69, 9.17) is 4.74 Å². The quantitative estimate of drug-likeness (QED) is 0.661. The highest BCUT2D eigenvalue weighted by Gasteiger charge is 2.65. The Morgan fingerprint density at radius 1 is 1.07 bits per heavy atom. The average Bonchev–Trinajstić information content (AvgIpc) is 3.42. The van der Waals surface area contributed by atoms with E-state index in [0.717, 1.165) is 11.1 Å². The monoisotopic (exact) mass is 400 g/mol. The third-order valence-electron chi connectivity index (χ3n) is 6.58. The molecule has 3 aromatic rings. The van der Waals surface area contributed by atoms with Crippen LogP contribution >= 0.6 is 0 Å². The first-order chi connectivity index (χ1) is 14.7. The SMILES string of the molecule is O=C(c1ccc2nccnc2c1)N1CC[C@@]23O[C@@H](c4ccccc4)CN2C(=O)C[C@@H]13. The minimum absolute atomic E-state index is 0.0558. The Balaban J connectivity index is 1.31. The number of fused-ring (bicyclic) bond motifs is 1. The molecule has 150 valence electrons. The Hall–Kier alpha value is -3.32. The van der Waals surface area contributed by atoms with Crippen molar-refractivity contribution in [2.45, 2.75) is 30.7 Å². The van der Waals surface area contributed by atoms with Crippen molar-refractivity contribution in [3.63, 3.8) is 0 Å². The Bertz CT molecular complexity index is 1170. The number of carbonyl (C=O) groups is 2. The van der Waals surface area contributed by atoms with Gasteiger partial charge in [-0.1, -0.05) is 30.3 Å². The smallest absolute Gasteiger partial charge is 0.254 e. The van der Waals surface area contributed by atoms with Crippen molar-refractivity contribution in [1.82, 2.24) is 19.8 Å². The van der Waals surface area contributed by atoms with Gasteiger partial charge >= 0.3 is 0 Å². The van der Waals surface area contributed by atoms with Gasteiger partial charge in [0.05, 0.1) is 30.0 Å². The van der Waals surface area contributed by atoms with Crippen LogP contribution in [0.5, 0.6) is 0 Å². The maximum atomic E-state index is 13.4. The van der Waals surface area contributed by atoms with Crippen LogP contribution in [0.15, 0.2) is 60.9 Å². The van der Waals surface area contributed by atoms with Crippen LogP contribution in [0.4, 0.5) is 0 Å². The molecule has 2 amide bonds. The topological polar surface area (TPSA) is 75.6 Å². The predicted molar refractivity (Wildman–Crippen MR) is 108 cm³/mol. The molecule has 0 aliphatic carbocycles. The molecule has 1 spiro atoms. The molecule has 6 rings (SSSR count). The van der Waals surface area contributed by atoms with E-state index in [1.54, 1.807) is 24.5 Å². The minimum Gasteiger partial charge on any atom is -0.343 e. The summed E-state index contributed by atoms with van der Waals surface area (Å²) in [4.78, 5) is 38.4. The number of likely N-dealkylation sites (tertiary alicyclic amines) is 1. The van der Waals surface area contributed by atoms with Crippen LogP contribution < -0.4 is 0 Å². The summed E-state index contributed by atoms with van der Waals surface area (Å²) in [5.41, 5.74) is 2.33. The van der Waals surface area contributed by atoms with Crippen LogP contribution in [0.1, 0.15) is 34.9 Å². The van der Waals surface area contributed by atoms with Crippen LogP contribution in [0.25, 0.3) is 11.0 Å². The molecule has 7 nitrogen and oxygen atoms in total. The van der Waals surface area contributed by atoms with Gasteiger partial charge in [-0.05, 0) is 23.8 Å². The zero-order chi connectivity index (χ0) is 20.3. The lowest BCUT2D eigenvalue weighted by Crippen LogP contribution is -2.48. The lowest BCUT2D eigenvalue weighted by Gasteiger charge is -2.32. The summed E-state index contributed by atoms with van der Waals surface area (Å²) >= 11 is 0. The predicted octanol–water partition coefficient (Wildman–Crippen LogP) is 2.54. The van der Waals surface area contributed by atoms with Gasteiger partial charge in [-0.15, -0.1) is 0 Å². The second kappa shape index (κ2) is 6.34. The molecule has 3 atom stereocenters. The molecule has 0 bridgehead atoms. The minimum atomic E-state index is -0.718. The molecule has 2 aromatic carbocycles. The van der Waals surface area contributed by atoms with Gasteiger partial charge in [-0.3, -0.25) is 19.6 Å². The number of carbonyl (C=O) groups excluding carboxylic acids is 2. The van der Waals surface area contributed by atoms with Gasteiger partial charge in [0.1, 0.15) is 6.10 Å². The summed E-state index contributed by atoms with van der Waals surface area (Å²) in [6.45, 7) is 1.10. The number of ether oxygens (including phenoxy) is 1. The molecule has 3 aliphatic heterocycles. The lowest BCUT2D eigenvalue weighted by atomic mass is 10.1. The van der Waals surface area contributed by atoms with E-state index in [2.05, 4.69) is 9.97 Å². The fraction of sp³-hybridized carbons (Fsp3) is 0.304. The van der Waals surface area contributed by atoms with Crippen molar-refractivity contribution in [2.75, 3.05) is 13.1 Å². The van der Waals surface area contributed by atoms with E-state index in [0.29, 0.717) is 37.0 Å². The van der Waals surface area contributed by atoms with E-state index in [1.807, 2.05) is 46.2 Å². The number of amides is 2. The van der Waals surface area contributed by atoms with Crippen LogP contribution in [-0.4, -0.2) is 56.4 Å². The molecule has 3 aliphatic rings. The third kappa shape index (κ3) is 2.42. The van der Waals surface area contributed by atoms with Crippen molar-refractivity contribution in [3.05, 3.63) is 72.1 Å². The third-order valence-corrected chi connectivity index (χ3v) is 6.58. The van der Waals surface area contributed by atoms with E-state index in [-0.39, 0.29) is 24.0 Å². The highest BCUT2D eigenvalue weighted by atomic mass is 16.5. The molecule has 30 heavy (non-hydrogen) atoms. The lowest BCUT2D eigenvalue weighted by molar-refractivity contribution is -0.138. The van der Waals surface area contributed by atoms with Gasteiger partial charge in [0.15, 0.2) is 5.72 Å². The number of hydrogen-bond acceptors (Lipinski definition) is 5. The number of aromatic nitrogens is 2. The Kier molecular flexibility index (Phi) is 3.70. The molecular weight excluding hydrogens is 380 g/mol. The van der Waals surface area contributed by atoms with Crippen molar-refractivity contribution < 1.29 is 14.3 Å². The highest BCUT2D eigenvalue weighted by molar-refractivity contribution is 5.98. The first-order valence-corrected chi connectivity index (χ1v) is 10.2. The second-order valence-electron chi connectivity index (χ2n) is 8.09. The standard InChI is InChI=1S/C23H20N4O3/c28-21-13-20-23(27(21)14-19(30-23)15-4-2-1-3-5-15)8-11-26(20)22(29)16-6-7-17-18(12-16)25-10-9-24-17/h1-7,9-10,12,19-20H,8,11,13-14H2/t19-,20-,23+/m1/s1. The van der Waals surface area contributed by atoms with Gasteiger partial charge in [-0.2, -0.15) is 0 Å². The Labute approximate surface area is 173 Å². The molecule has 7 heteroatoms. The molecular formula is C23H20N4O3. The van der Waals surface area contributed by atoms with Gasteiger partial charge in [-0.25, -0.2) is 0 Å². The average molecular weight is 400 g/mol. The molecule has 4 heterocycles. The van der Waals surface area contributed by atoms with Gasteiger partial charge in [0, 0.05) is 30.9 Å². The second-order valence-corrected chi connectivity index (χ2v) is 8.09. The molecule has 0 saturated carbocycles. The summed E-state index contributed by atoms with van der Waals surface area (Å²) in [6, 6.07) is 15.1. The Morgan fingerprint density at radius 2 is 1.87 bits per heavy atom. The molecule has 3 fully saturated rings. The zero-order valence-electron chi connectivity index (χ0n) is 16.3. The fourth-order valence-electron chi connectivity index (χ4n) is 5.17. The Morgan fingerprint density at radius 3 is 2.70 bits per heavy atom. The van der Waals surface area contributed by atoms with E-state index < -0.39 is 5.72 Å². The van der Waals surface area contributed by atoms with Crippen LogP contribution in [-0.2, 0) is 9.53 Å². The molecule has 0 unspecified atom stereocenters. The molecule has 3 saturated heterocycles. The van der Waals surface area contributed by atoms with Gasteiger partial charge < -0.3 is 14.5 Å². The largest absolute Gasteiger partial charge is 0.343 e.